The van der Waals surface area contributed by atoms with Crippen LogP contribution >= 0.6 is 0 Å². The number of aromatic nitrogens is 4. The van der Waals surface area contributed by atoms with E-state index in [2.05, 4.69) is 19.9 Å². The summed E-state index contributed by atoms with van der Waals surface area (Å²) in [5.41, 5.74) is 0.760. The Morgan fingerprint density at radius 3 is 2.83 bits per heavy atom. The summed E-state index contributed by atoms with van der Waals surface area (Å²) in [6, 6.07) is 2.97. The van der Waals surface area contributed by atoms with Crippen LogP contribution in [0.25, 0.3) is 11.5 Å². The van der Waals surface area contributed by atoms with E-state index in [-0.39, 0.29) is 12.2 Å². The quantitative estimate of drug-likeness (QED) is 0.841. The zero-order chi connectivity index (χ0) is 13.0. The standard InChI is InChI=1S/C11H12N4O3/c1-17-5-7-3-9(16)15-11(14-7)8-4-10(18-2)13-6-12-8/h3-4,6H,5H2,1-2H3,(H,14,15,16). The van der Waals surface area contributed by atoms with E-state index in [0.717, 1.165) is 0 Å². The molecule has 0 radical (unpaired) electrons. The van der Waals surface area contributed by atoms with Gasteiger partial charge < -0.3 is 14.5 Å². The van der Waals surface area contributed by atoms with E-state index in [1.165, 1.54) is 26.6 Å². The first-order valence-corrected chi connectivity index (χ1v) is 5.18. The molecule has 0 fully saturated rings. The van der Waals surface area contributed by atoms with Crippen molar-refractivity contribution in [1.29, 1.82) is 0 Å². The summed E-state index contributed by atoms with van der Waals surface area (Å²) in [5.74, 6) is 0.759. The lowest BCUT2D eigenvalue weighted by atomic mass is 10.3. The Bertz CT molecular complexity index is 597. The molecule has 2 aromatic rings. The van der Waals surface area contributed by atoms with Crippen molar-refractivity contribution in [2.75, 3.05) is 14.2 Å². The Hall–Kier alpha value is -2.28. The maximum absolute atomic E-state index is 11.5. The van der Waals surface area contributed by atoms with Crippen molar-refractivity contribution in [3.05, 3.63) is 34.5 Å². The third kappa shape index (κ3) is 2.69. The molecule has 0 aliphatic heterocycles. The summed E-state index contributed by atoms with van der Waals surface area (Å²) in [4.78, 5) is 26.3. The maximum atomic E-state index is 11.5. The van der Waals surface area contributed by atoms with Crippen LogP contribution in [0.4, 0.5) is 0 Å². The van der Waals surface area contributed by atoms with Crippen molar-refractivity contribution < 1.29 is 9.47 Å². The van der Waals surface area contributed by atoms with Crippen LogP contribution in [-0.2, 0) is 11.3 Å². The Labute approximate surface area is 103 Å². The van der Waals surface area contributed by atoms with Crippen molar-refractivity contribution in [1.82, 2.24) is 19.9 Å². The minimum atomic E-state index is -0.260. The van der Waals surface area contributed by atoms with Crippen LogP contribution < -0.4 is 10.3 Å². The van der Waals surface area contributed by atoms with Crippen LogP contribution in [0.3, 0.4) is 0 Å². The Morgan fingerprint density at radius 1 is 1.28 bits per heavy atom. The fourth-order valence-corrected chi connectivity index (χ4v) is 1.43. The number of aromatic amines is 1. The number of hydrogen-bond donors (Lipinski definition) is 1. The fourth-order valence-electron chi connectivity index (χ4n) is 1.43. The van der Waals surface area contributed by atoms with Crippen LogP contribution in [0.15, 0.2) is 23.3 Å². The number of rotatable bonds is 4. The number of nitrogens with zero attached hydrogens (tertiary/aromatic N) is 3. The van der Waals surface area contributed by atoms with Gasteiger partial charge in [0, 0.05) is 19.2 Å². The number of nitrogens with one attached hydrogen (secondary N) is 1. The fraction of sp³-hybridized carbons (Fsp3) is 0.273. The molecule has 0 bridgehead atoms. The molecule has 0 spiro atoms. The van der Waals surface area contributed by atoms with Gasteiger partial charge >= 0.3 is 0 Å². The van der Waals surface area contributed by atoms with Crippen LogP contribution in [0.5, 0.6) is 5.88 Å². The zero-order valence-electron chi connectivity index (χ0n) is 10.0. The predicted octanol–water partition coefficient (Wildman–Crippen LogP) is 0.382. The largest absolute Gasteiger partial charge is 0.481 e. The second-order valence-electron chi connectivity index (χ2n) is 3.46. The summed E-state index contributed by atoms with van der Waals surface area (Å²) in [5, 5.41) is 0. The Morgan fingerprint density at radius 2 is 2.11 bits per heavy atom. The van der Waals surface area contributed by atoms with E-state index in [4.69, 9.17) is 9.47 Å². The first-order valence-electron chi connectivity index (χ1n) is 5.18. The summed E-state index contributed by atoms with van der Waals surface area (Å²) in [6.45, 7) is 0.263. The van der Waals surface area contributed by atoms with Crippen molar-refractivity contribution >= 4 is 0 Å². The number of methoxy groups -OCH3 is 2. The molecule has 0 aromatic carbocycles. The summed E-state index contributed by atoms with van der Waals surface area (Å²) < 4.78 is 9.93. The van der Waals surface area contributed by atoms with Crippen molar-refractivity contribution in [2.45, 2.75) is 6.61 Å². The zero-order valence-corrected chi connectivity index (χ0v) is 10.0. The first-order chi connectivity index (χ1) is 8.72. The molecular formula is C11H12N4O3. The van der Waals surface area contributed by atoms with Crippen LogP contribution in [-0.4, -0.2) is 34.2 Å². The highest BCUT2D eigenvalue weighted by atomic mass is 16.5. The van der Waals surface area contributed by atoms with Gasteiger partial charge in [-0.2, -0.15) is 0 Å². The Balaban J connectivity index is 2.45. The Kier molecular flexibility index (Phi) is 3.63. The topological polar surface area (TPSA) is 90.0 Å². The highest BCUT2D eigenvalue weighted by Gasteiger charge is 2.07. The molecule has 0 aliphatic carbocycles. The van der Waals surface area contributed by atoms with Gasteiger partial charge in [0.15, 0.2) is 5.82 Å². The summed E-state index contributed by atoms with van der Waals surface area (Å²) in [7, 11) is 3.04. The number of H-pyrrole nitrogens is 1. The highest BCUT2D eigenvalue weighted by Crippen LogP contribution is 2.14. The number of hydrogen-bond acceptors (Lipinski definition) is 6. The summed E-state index contributed by atoms with van der Waals surface area (Å²) in [6.07, 6.45) is 1.34. The highest BCUT2D eigenvalue weighted by molar-refractivity contribution is 5.49. The SMILES string of the molecule is COCc1cc(=O)[nH]c(-c2cc(OC)ncn2)n1. The van der Waals surface area contributed by atoms with Crippen LogP contribution in [0.2, 0.25) is 0 Å². The van der Waals surface area contributed by atoms with E-state index in [1.54, 1.807) is 6.07 Å². The van der Waals surface area contributed by atoms with E-state index < -0.39 is 0 Å². The molecule has 18 heavy (non-hydrogen) atoms. The van der Waals surface area contributed by atoms with Gasteiger partial charge in [-0.25, -0.2) is 15.0 Å². The molecule has 2 heterocycles. The molecule has 0 aliphatic rings. The summed E-state index contributed by atoms with van der Waals surface area (Å²) >= 11 is 0. The molecule has 7 heteroatoms. The van der Waals surface area contributed by atoms with Gasteiger partial charge in [0.2, 0.25) is 5.88 Å². The van der Waals surface area contributed by atoms with Gasteiger partial charge in [0.1, 0.15) is 12.0 Å². The molecule has 7 nitrogen and oxygen atoms in total. The van der Waals surface area contributed by atoms with E-state index in [9.17, 15) is 4.79 Å². The van der Waals surface area contributed by atoms with Crippen molar-refractivity contribution in [2.24, 2.45) is 0 Å². The van der Waals surface area contributed by atoms with E-state index >= 15 is 0 Å². The lowest BCUT2D eigenvalue weighted by Gasteiger charge is -2.04. The normalized spacial score (nSPS) is 10.3. The molecule has 0 atom stereocenters. The monoisotopic (exact) mass is 248 g/mol. The minimum Gasteiger partial charge on any atom is -0.481 e. The van der Waals surface area contributed by atoms with Gasteiger partial charge in [-0.1, -0.05) is 0 Å². The van der Waals surface area contributed by atoms with Gasteiger partial charge in [-0.3, -0.25) is 4.79 Å². The van der Waals surface area contributed by atoms with Crippen molar-refractivity contribution in [3.8, 4) is 17.4 Å². The predicted molar refractivity (Wildman–Crippen MR) is 63.1 cm³/mol. The van der Waals surface area contributed by atoms with Gasteiger partial charge in [-0.05, 0) is 0 Å². The minimum absolute atomic E-state index is 0.260. The molecule has 2 aromatic heterocycles. The van der Waals surface area contributed by atoms with Crippen molar-refractivity contribution in [3.63, 3.8) is 0 Å². The van der Waals surface area contributed by atoms with Gasteiger partial charge in [0.25, 0.3) is 5.56 Å². The molecule has 1 N–H and O–H groups in total. The molecule has 0 saturated heterocycles. The van der Waals surface area contributed by atoms with E-state index in [1.807, 2.05) is 0 Å². The smallest absolute Gasteiger partial charge is 0.251 e. The second kappa shape index (κ2) is 5.37. The average molecular weight is 248 g/mol. The third-order valence-corrected chi connectivity index (χ3v) is 2.18. The second-order valence-corrected chi connectivity index (χ2v) is 3.46. The lowest BCUT2D eigenvalue weighted by molar-refractivity contribution is 0.181. The third-order valence-electron chi connectivity index (χ3n) is 2.18. The molecule has 94 valence electrons. The number of ether oxygens (including phenoxy) is 2. The molecule has 0 amide bonds. The molecule has 2 rings (SSSR count). The van der Waals surface area contributed by atoms with Gasteiger partial charge in [0.05, 0.1) is 19.4 Å². The average Bonchev–Trinajstić information content (AvgIpc) is 2.38. The van der Waals surface area contributed by atoms with Crippen LogP contribution in [0, 0.1) is 0 Å². The lowest BCUT2D eigenvalue weighted by Crippen LogP contribution is -2.11. The first kappa shape index (κ1) is 12.2. The van der Waals surface area contributed by atoms with E-state index in [0.29, 0.717) is 23.1 Å². The molecule has 0 saturated carbocycles. The van der Waals surface area contributed by atoms with Crippen LogP contribution in [0.1, 0.15) is 5.69 Å². The molecular weight excluding hydrogens is 236 g/mol. The van der Waals surface area contributed by atoms with Gasteiger partial charge in [-0.15, -0.1) is 0 Å². The maximum Gasteiger partial charge on any atom is 0.251 e. The molecule has 0 unspecified atom stereocenters.